The number of anilines is 1. The van der Waals surface area contributed by atoms with E-state index in [1.165, 1.54) is 0 Å². The molecular weight excluding hydrogens is 276 g/mol. The number of hydrogen-bond donors (Lipinski definition) is 2. The molecule has 1 aromatic carbocycles. The largest absolute Gasteiger partial charge is 0.324 e. The lowest BCUT2D eigenvalue weighted by Crippen LogP contribution is -2.63. The van der Waals surface area contributed by atoms with Crippen molar-refractivity contribution in [3.05, 3.63) is 36.5 Å². The lowest BCUT2D eigenvalue weighted by atomic mass is 9.86. The smallest absolute Gasteiger partial charge is 0.258 e. The van der Waals surface area contributed by atoms with Crippen molar-refractivity contribution in [2.24, 2.45) is 5.41 Å². The molecule has 1 aromatic heterocycles. The quantitative estimate of drug-likeness (QED) is 0.891. The summed E-state index contributed by atoms with van der Waals surface area (Å²) in [5.41, 5.74) is 0.182. The minimum absolute atomic E-state index is 0.204. The molecule has 4 rings (SSSR count). The van der Waals surface area contributed by atoms with Crippen LogP contribution in [-0.4, -0.2) is 29.4 Å². The van der Waals surface area contributed by atoms with E-state index in [9.17, 15) is 13.6 Å². The van der Waals surface area contributed by atoms with Gasteiger partial charge in [0, 0.05) is 24.5 Å². The minimum Gasteiger partial charge on any atom is -0.324 e. The van der Waals surface area contributed by atoms with E-state index in [2.05, 4.69) is 15.6 Å². The number of fused-ring (bicyclic) bond motifs is 1. The van der Waals surface area contributed by atoms with Gasteiger partial charge in [-0.15, -0.1) is 0 Å². The van der Waals surface area contributed by atoms with Crippen molar-refractivity contribution in [2.45, 2.75) is 18.4 Å². The van der Waals surface area contributed by atoms with Gasteiger partial charge in [-0.3, -0.25) is 9.78 Å². The number of nitrogens with zero attached hydrogens (tertiary/aromatic N) is 1. The number of halogens is 2. The average Bonchev–Trinajstić information content (AvgIpc) is 3.04. The summed E-state index contributed by atoms with van der Waals surface area (Å²) in [6.45, 7) is 0.204. The number of carbonyl (C=O) groups is 1. The van der Waals surface area contributed by atoms with Crippen molar-refractivity contribution in [1.82, 2.24) is 10.3 Å². The lowest BCUT2D eigenvalue weighted by Gasteiger charge is -2.37. The van der Waals surface area contributed by atoms with Crippen molar-refractivity contribution in [3.8, 4) is 0 Å². The predicted octanol–water partition coefficient (Wildman–Crippen LogP) is 2.17. The van der Waals surface area contributed by atoms with Crippen LogP contribution in [0.3, 0.4) is 0 Å². The maximum absolute atomic E-state index is 13.4. The van der Waals surface area contributed by atoms with Gasteiger partial charge in [0.15, 0.2) is 0 Å². The van der Waals surface area contributed by atoms with Gasteiger partial charge in [-0.25, -0.2) is 8.78 Å². The molecule has 21 heavy (non-hydrogen) atoms. The first kappa shape index (κ1) is 12.6. The van der Waals surface area contributed by atoms with Crippen LogP contribution in [0.4, 0.5) is 14.5 Å². The van der Waals surface area contributed by atoms with Crippen LogP contribution >= 0.6 is 0 Å². The van der Waals surface area contributed by atoms with Gasteiger partial charge in [0.05, 0.1) is 22.7 Å². The van der Waals surface area contributed by atoms with E-state index in [1.54, 1.807) is 24.4 Å². The second-order valence-corrected chi connectivity index (χ2v) is 5.72. The highest BCUT2D eigenvalue weighted by atomic mass is 19.3. The molecule has 2 aromatic rings. The second-order valence-electron chi connectivity index (χ2n) is 5.72. The average molecular weight is 289 g/mol. The Morgan fingerprint density at radius 2 is 2.14 bits per heavy atom. The zero-order valence-electron chi connectivity index (χ0n) is 11.1. The topological polar surface area (TPSA) is 54.0 Å². The van der Waals surface area contributed by atoms with Gasteiger partial charge in [-0.2, -0.15) is 0 Å². The van der Waals surface area contributed by atoms with Crippen LogP contribution in [-0.2, 0) is 4.79 Å². The maximum Gasteiger partial charge on any atom is 0.258 e. The molecule has 6 heteroatoms. The third-order valence-electron chi connectivity index (χ3n) is 4.48. The van der Waals surface area contributed by atoms with E-state index >= 15 is 0 Å². The molecule has 1 spiro atoms. The number of alkyl halides is 2. The number of rotatable bonds is 2. The Labute approximate surface area is 119 Å². The zero-order chi connectivity index (χ0) is 14.7. The summed E-state index contributed by atoms with van der Waals surface area (Å²) in [5.74, 6) is -3.13. The van der Waals surface area contributed by atoms with Crippen molar-refractivity contribution >= 4 is 22.5 Å². The van der Waals surface area contributed by atoms with Crippen LogP contribution in [0.2, 0.25) is 0 Å². The van der Waals surface area contributed by atoms with Gasteiger partial charge >= 0.3 is 0 Å². The third kappa shape index (κ3) is 1.68. The summed E-state index contributed by atoms with van der Waals surface area (Å²) in [4.78, 5) is 16.5. The van der Waals surface area contributed by atoms with E-state index < -0.39 is 23.3 Å². The Morgan fingerprint density at radius 3 is 2.81 bits per heavy atom. The first-order chi connectivity index (χ1) is 10.0. The van der Waals surface area contributed by atoms with Gasteiger partial charge in [0.25, 0.3) is 5.92 Å². The van der Waals surface area contributed by atoms with Crippen LogP contribution in [0.5, 0.6) is 0 Å². The van der Waals surface area contributed by atoms with Crippen LogP contribution in [0.1, 0.15) is 6.42 Å². The van der Waals surface area contributed by atoms with Gasteiger partial charge in [0.2, 0.25) is 5.91 Å². The first-order valence-corrected chi connectivity index (χ1v) is 6.79. The Bertz CT molecular complexity index is 743. The number of benzene rings is 1. The predicted molar refractivity (Wildman–Crippen MR) is 74.2 cm³/mol. The van der Waals surface area contributed by atoms with Crippen LogP contribution in [0.15, 0.2) is 36.5 Å². The molecular formula is C15H13F2N3O. The summed E-state index contributed by atoms with van der Waals surface area (Å²) >= 11 is 0. The minimum atomic E-state index is -2.72. The second kappa shape index (κ2) is 3.98. The zero-order valence-corrected chi connectivity index (χ0v) is 11.1. The van der Waals surface area contributed by atoms with Crippen LogP contribution < -0.4 is 10.6 Å². The van der Waals surface area contributed by atoms with E-state index in [1.807, 2.05) is 12.1 Å². The number of carbonyl (C=O) groups excluding carboxylic acids is 1. The summed E-state index contributed by atoms with van der Waals surface area (Å²) in [6, 6.07) is 8.16. The summed E-state index contributed by atoms with van der Waals surface area (Å²) in [7, 11) is 0. The van der Waals surface area contributed by atoms with Crippen molar-refractivity contribution in [2.75, 3.05) is 11.9 Å². The van der Waals surface area contributed by atoms with Crippen molar-refractivity contribution in [3.63, 3.8) is 0 Å². The molecule has 0 bridgehead atoms. The van der Waals surface area contributed by atoms with Crippen LogP contribution in [0.25, 0.3) is 10.9 Å². The monoisotopic (exact) mass is 289 g/mol. The number of amides is 1. The van der Waals surface area contributed by atoms with Crippen LogP contribution in [0, 0.1) is 5.41 Å². The fourth-order valence-electron chi connectivity index (χ4n) is 3.07. The normalized spacial score (nSPS) is 29.1. The third-order valence-corrected chi connectivity index (χ3v) is 4.48. The molecule has 2 unspecified atom stereocenters. The number of pyridine rings is 1. The standard InChI is InChI=1S/C15H13F2N3O/c16-15(17)7-14(15)8-19-12(14)13(21)20-11-5-1-4-10-9(11)3-2-6-18-10/h1-6,12,19H,7-8H2,(H,20,21). The maximum atomic E-state index is 13.4. The molecule has 1 aliphatic carbocycles. The first-order valence-electron chi connectivity index (χ1n) is 6.79. The number of aromatic nitrogens is 1. The molecule has 2 aliphatic rings. The molecule has 2 heterocycles. The van der Waals surface area contributed by atoms with Crippen molar-refractivity contribution < 1.29 is 13.6 Å². The Kier molecular flexibility index (Phi) is 2.39. The van der Waals surface area contributed by atoms with E-state index in [-0.39, 0.29) is 13.0 Å². The lowest BCUT2D eigenvalue weighted by molar-refractivity contribution is -0.125. The Hall–Kier alpha value is -2.08. The van der Waals surface area contributed by atoms with Gasteiger partial charge in [-0.1, -0.05) is 6.07 Å². The highest BCUT2D eigenvalue weighted by molar-refractivity contribution is 6.03. The molecule has 1 saturated heterocycles. The van der Waals surface area contributed by atoms with E-state index in [0.717, 1.165) is 10.9 Å². The fraction of sp³-hybridized carbons (Fsp3) is 0.333. The summed E-state index contributed by atoms with van der Waals surface area (Å²) in [6.07, 6.45) is 1.46. The molecule has 108 valence electrons. The van der Waals surface area contributed by atoms with Gasteiger partial charge in [0.1, 0.15) is 0 Å². The number of nitrogens with one attached hydrogen (secondary N) is 2. The number of hydrogen-bond acceptors (Lipinski definition) is 3. The highest BCUT2D eigenvalue weighted by Gasteiger charge is 2.79. The molecule has 1 amide bonds. The molecule has 1 saturated carbocycles. The molecule has 0 radical (unpaired) electrons. The molecule has 2 N–H and O–H groups in total. The van der Waals surface area contributed by atoms with E-state index in [0.29, 0.717) is 5.69 Å². The fourth-order valence-corrected chi connectivity index (χ4v) is 3.07. The SMILES string of the molecule is O=C(Nc1cccc2ncccc12)C1NCC12CC2(F)F. The summed E-state index contributed by atoms with van der Waals surface area (Å²) < 4.78 is 26.8. The summed E-state index contributed by atoms with van der Waals surface area (Å²) in [5, 5.41) is 6.36. The molecule has 1 aliphatic heterocycles. The van der Waals surface area contributed by atoms with Gasteiger partial charge < -0.3 is 10.6 Å². The van der Waals surface area contributed by atoms with E-state index in [4.69, 9.17) is 0 Å². The molecule has 2 fully saturated rings. The van der Waals surface area contributed by atoms with Gasteiger partial charge in [-0.05, 0) is 24.3 Å². The van der Waals surface area contributed by atoms with Crippen molar-refractivity contribution in [1.29, 1.82) is 0 Å². The molecule has 4 nitrogen and oxygen atoms in total. The highest BCUT2D eigenvalue weighted by Crippen LogP contribution is 2.65. The Morgan fingerprint density at radius 1 is 1.33 bits per heavy atom. The Balaban J connectivity index is 1.60. The molecule has 2 atom stereocenters.